The minimum Gasteiger partial charge on any atom is -0.457 e. The molecule has 2 unspecified atom stereocenters. The van der Waals surface area contributed by atoms with E-state index in [9.17, 15) is 4.79 Å². The molecule has 0 amide bonds. The SMILES string of the molecule is O=C1OC(c2ccccc2)CC1CS. The summed E-state index contributed by atoms with van der Waals surface area (Å²) in [6, 6.07) is 9.84. The summed E-state index contributed by atoms with van der Waals surface area (Å²) in [6.07, 6.45) is 0.688. The monoisotopic (exact) mass is 208 g/mol. The van der Waals surface area contributed by atoms with E-state index in [-0.39, 0.29) is 18.0 Å². The fourth-order valence-electron chi connectivity index (χ4n) is 1.66. The standard InChI is InChI=1S/C11H12O2S/c12-11-9(7-14)6-10(13-11)8-4-2-1-3-5-8/h1-5,9-10,14H,6-7H2. The number of thiol groups is 1. The lowest BCUT2D eigenvalue weighted by Gasteiger charge is -2.07. The van der Waals surface area contributed by atoms with Crippen LogP contribution in [0.3, 0.4) is 0 Å². The number of benzene rings is 1. The van der Waals surface area contributed by atoms with Crippen LogP contribution in [0.15, 0.2) is 30.3 Å². The molecule has 0 aliphatic carbocycles. The molecule has 1 saturated heterocycles. The first-order chi connectivity index (χ1) is 6.81. The molecule has 1 fully saturated rings. The molecule has 1 aromatic rings. The van der Waals surface area contributed by atoms with Crippen molar-refractivity contribution >= 4 is 18.6 Å². The Morgan fingerprint density at radius 3 is 2.64 bits per heavy atom. The van der Waals surface area contributed by atoms with Crippen LogP contribution in [0.2, 0.25) is 0 Å². The number of cyclic esters (lactones) is 1. The molecule has 1 heterocycles. The summed E-state index contributed by atoms with van der Waals surface area (Å²) in [4.78, 5) is 11.3. The molecule has 0 saturated carbocycles. The van der Waals surface area contributed by atoms with Crippen LogP contribution in [0.1, 0.15) is 18.1 Å². The number of hydrogen-bond donors (Lipinski definition) is 1. The third kappa shape index (κ3) is 1.77. The number of ether oxygens (including phenoxy) is 1. The maximum Gasteiger partial charge on any atom is 0.310 e. The lowest BCUT2D eigenvalue weighted by Crippen LogP contribution is -2.08. The molecular weight excluding hydrogens is 196 g/mol. The van der Waals surface area contributed by atoms with E-state index in [1.165, 1.54) is 0 Å². The van der Waals surface area contributed by atoms with Gasteiger partial charge in [0, 0.05) is 12.2 Å². The fraction of sp³-hybridized carbons (Fsp3) is 0.364. The minimum absolute atomic E-state index is 0.0384. The molecule has 74 valence electrons. The van der Waals surface area contributed by atoms with Crippen molar-refractivity contribution in [2.45, 2.75) is 12.5 Å². The van der Waals surface area contributed by atoms with Gasteiger partial charge in [0.1, 0.15) is 6.10 Å². The van der Waals surface area contributed by atoms with Gasteiger partial charge in [-0.1, -0.05) is 30.3 Å². The molecular formula is C11H12O2S. The van der Waals surface area contributed by atoms with Crippen molar-refractivity contribution in [3.8, 4) is 0 Å². The summed E-state index contributed by atoms with van der Waals surface area (Å²) in [5.41, 5.74) is 1.07. The predicted molar refractivity (Wildman–Crippen MR) is 57.2 cm³/mol. The Morgan fingerprint density at radius 2 is 2.07 bits per heavy atom. The zero-order valence-corrected chi connectivity index (χ0v) is 8.61. The zero-order valence-electron chi connectivity index (χ0n) is 7.72. The quantitative estimate of drug-likeness (QED) is 0.596. The van der Waals surface area contributed by atoms with Crippen molar-refractivity contribution in [3.05, 3.63) is 35.9 Å². The summed E-state index contributed by atoms with van der Waals surface area (Å²) in [5.74, 6) is 0.416. The van der Waals surface area contributed by atoms with Crippen molar-refractivity contribution in [1.82, 2.24) is 0 Å². The normalized spacial score (nSPS) is 26.2. The van der Waals surface area contributed by atoms with E-state index < -0.39 is 0 Å². The third-order valence-electron chi connectivity index (χ3n) is 2.48. The molecule has 0 aromatic heterocycles. The van der Waals surface area contributed by atoms with E-state index in [0.29, 0.717) is 5.75 Å². The minimum atomic E-state index is -0.117. The van der Waals surface area contributed by atoms with E-state index in [1.807, 2.05) is 30.3 Å². The summed E-state index contributed by atoms with van der Waals surface area (Å²) in [6.45, 7) is 0. The Labute approximate surface area is 88.7 Å². The molecule has 14 heavy (non-hydrogen) atoms. The average molecular weight is 208 g/mol. The number of carbonyl (C=O) groups excluding carboxylic acids is 1. The molecule has 1 aliphatic rings. The smallest absolute Gasteiger partial charge is 0.310 e. The molecule has 1 aromatic carbocycles. The Balaban J connectivity index is 2.13. The van der Waals surface area contributed by atoms with Gasteiger partial charge in [-0.05, 0) is 5.56 Å². The van der Waals surface area contributed by atoms with Gasteiger partial charge in [-0.15, -0.1) is 0 Å². The van der Waals surface area contributed by atoms with Crippen LogP contribution in [-0.4, -0.2) is 11.7 Å². The van der Waals surface area contributed by atoms with Gasteiger partial charge in [0.25, 0.3) is 0 Å². The maximum absolute atomic E-state index is 11.3. The summed E-state index contributed by atoms with van der Waals surface area (Å²) in [5, 5.41) is 0. The second kappa shape index (κ2) is 4.05. The summed E-state index contributed by atoms with van der Waals surface area (Å²) < 4.78 is 5.26. The van der Waals surface area contributed by atoms with E-state index >= 15 is 0 Å². The van der Waals surface area contributed by atoms with Crippen LogP contribution in [-0.2, 0) is 9.53 Å². The predicted octanol–water partition coefficient (Wildman–Crippen LogP) is 2.22. The Bertz CT molecular complexity index is 323. The van der Waals surface area contributed by atoms with Crippen LogP contribution in [0.5, 0.6) is 0 Å². The van der Waals surface area contributed by atoms with Crippen LogP contribution in [0.25, 0.3) is 0 Å². The number of rotatable bonds is 2. The number of esters is 1. The van der Waals surface area contributed by atoms with Gasteiger partial charge in [0.2, 0.25) is 0 Å². The van der Waals surface area contributed by atoms with Crippen molar-refractivity contribution in [2.24, 2.45) is 5.92 Å². The Morgan fingerprint density at radius 1 is 1.36 bits per heavy atom. The van der Waals surface area contributed by atoms with Gasteiger partial charge in [0.15, 0.2) is 0 Å². The van der Waals surface area contributed by atoms with E-state index in [2.05, 4.69) is 12.6 Å². The van der Waals surface area contributed by atoms with Crippen LogP contribution < -0.4 is 0 Å². The number of carbonyl (C=O) groups is 1. The molecule has 2 atom stereocenters. The second-order valence-electron chi connectivity index (χ2n) is 3.45. The van der Waals surface area contributed by atoms with Crippen LogP contribution >= 0.6 is 12.6 Å². The first-order valence-electron chi connectivity index (χ1n) is 4.67. The van der Waals surface area contributed by atoms with Crippen LogP contribution in [0, 0.1) is 5.92 Å². The van der Waals surface area contributed by atoms with E-state index in [1.54, 1.807) is 0 Å². The van der Waals surface area contributed by atoms with Crippen molar-refractivity contribution in [3.63, 3.8) is 0 Å². The molecule has 1 aliphatic heterocycles. The highest BCUT2D eigenvalue weighted by Gasteiger charge is 2.33. The third-order valence-corrected chi connectivity index (χ3v) is 2.92. The van der Waals surface area contributed by atoms with Crippen molar-refractivity contribution in [2.75, 3.05) is 5.75 Å². The topological polar surface area (TPSA) is 26.3 Å². The fourth-order valence-corrected chi connectivity index (χ4v) is 1.96. The van der Waals surface area contributed by atoms with Gasteiger partial charge in [0.05, 0.1) is 5.92 Å². The largest absolute Gasteiger partial charge is 0.457 e. The molecule has 0 radical (unpaired) electrons. The lowest BCUT2D eigenvalue weighted by atomic mass is 10.0. The Kier molecular flexibility index (Phi) is 2.77. The molecule has 0 N–H and O–H groups in total. The first kappa shape index (κ1) is 9.59. The van der Waals surface area contributed by atoms with Crippen molar-refractivity contribution in [1.29, 1.82) is 0 Å². The highest BCUT2D eigenvalue weighted by Crippen LogP contribution is 2.33. The maximum atomic E-state index is 11.3. The van der Waals surface area contributed by atoms with Crippen LogP contribution in [0.4, 0.5) is 0 Å². The molecule has 3 heteroatoms. The van der Waals surface area contributed by atoms with Gasteiger partial charge < -0.3 is 4.74 Å². The lowest BCUT2D eigenvalue weighted by molar-refractivity contribution is -0.144. The van der Waals surface area contributed by atoms with Crippen molar-refractivity contribution < 1.29 is 9.53 Å². The van der Waals surface area contributed by atoms with Gasteiger partial charge in [-0.2, -0.15) is 12.6 Å². The van der Waals surface area contributed by atoms with E-state index in [0.717, 1.165) is 12.0 Å². The molecule has 2 nitrogen and oxygen atoms in total. The van der Waals surface area contributed by atoms with Gasteiger partial charge in [-0.25, -0.2) is 0 Å². The summed E-state index contributed by atoms with van der Waals surface area (Å²) >= 11 is 4.13. The highest BCUT2D eigenvalue weighted by atomic mass is 32.1. The summed E-state index contributed by atoms with van der Waals surface area (Å²) in [7, 11) is 0. The van der Waals surface area contributed by atoms with Gasteiger partial charge in [-0.3, -0.25) is 4.79 Å². The molecule has 2 rings (SSSR count). The Hall–Kier alpha value is -0.960. The van der Waals surface area contributed by atoms with E-state index in [4.69, 9.17) is 4.74 Å². The molecule has 0 bridgehead atoms. The molecule has 0 spiro atoms. The zero-order chi connectivity index (χ0) is 9.97. The number of hydrogen-bond acceptors (Lipinski definition) is 3. The first-order valence-corrected chi connectivity index (χ1v) is 5.31. The van der Waals surface area contributed by atoms with Gasteiger partial charge >= 0.3 is 5.97 Å². The highest BCUT2D eigenvalue weighted by molar-refractivity contribution is 7.80. The second-order valence-corrected chi connectivity index (χ2v) is 3.82. The average Bonchev–Trinajstić information content (AvgIpc) is 2.61.